The largest absolute Gasteiger partial charge is 0.392 e. The van der Waals surface area contributed by atoms with Crippen LogP contribution in [-0.2, 0) is 6.61 Å². The van der Waals surface area contributed by atoms with Crippen molar-refractivity contribution in [1.29, 1.82) is 0 Å². The zero-order chi connectivity index (χ0) is 10.1. The van der Waals surface area contributed by atoms with Crippen LogP contribution in [0.5, 0.6) is 0 Å². The van der Waals surface area contributed by atoms with Gasteiger partial charge in [0.15, 0.2) is 0 Å². The van der Waals surface area contributed by atoms with E-state index >= 15 is 0 Å². The second-order valence-corrected chi connectivity index (χ2v) is 3.86. The summed E-state index contributed by atoms with van der Waals surface area (Å²) in [7, 11) is 0. The molecule has 1 heterocycles. The monoisotopic (exact) mass is 253 g/mol. The lowest BCUT2D eigenvalue weighted by Crippen LogP contribution is -2.05. The first-order valence-electron chi connectivity index (χ1n) is 4.13. The minimum atomic E-state index is -0.118. The standard InChI is InChI=1S/C10H8BrNO2/c11-9-4-12-10(14)7-2-1-6(5-13)3-8(7)9/h1-4,13H,5H2,(H,12,14). The highest BCUT2D eigenvalue weighted by Gasteiger charge is 2.02. The molecule has 14 heavy (non-hydrogen) atoms. The van der Waals surface area contributed by atoms with Gasteiger partial charge in [-0.25, -0.2) is 0 Å². The number of halogens is 1. The number of pyridine rings is 1. The smallest absolute Gasteiger partial charge is 0.255 e. The van der Waals surface area contributed by atoms with E-state index in [2.05, 4.69) is 20.9 Å². The molecule has 4 heteroatoms. The van der Waals surface area contributed by atoms with Gasteiger partial charge in [0, 0.05) is 21.4 Å². The summed E-state index contributed by atoms with van der Waals surface area (Å²) in [6, 6.07) is 5.25. The number of hydrogen-bond acceptors (Lipinski definition) is 2. The molecule has 0 atom stereocenters. The number of aliphatic hydroxyl groups excluding tert-OH is 1. The SMILES string of the molecule is O=c1[nH]cc(Br)c2cc(CO)ccc12. The highest BCUT2D eigenvalue weighted by Crippen LogP contribution is 2.21. The van der Waals surface area contributed by atoms with E-state index in [1.165, 1.54) is 0 Å². The van der Waals surface area contributed by atoms with Crippen LogP contribution in [-0.4, -0.2) is 10.1 Å². The average molecular weight is 254 g/mol. The van der Waals surface area contributed by atoms with E-state index in [-0.39, 0.29) is 12.2 Å². The van der Waals surface area contributed by atoms with Gasteiger partial charge in [-0.3, -0.25) is 4.79 Å². The summed E-state index contributed by atoms with van der Waals surface area (Å²) in [6.45, 7) is -0.0187. The van der Waals surface area contributed by atoms with Crippen LogP contribution in [0.25, 0.3) is 10.8 Å². The number of aromatic amines is 1. The van der Waals surface area contributed by atoms with Gasteiger partial charge in [-0.15, -0.1) is 0 Å². The van der Waals surface area contributed by atoms with Crippen molar-refractivity contribution in [3.05, 3.63) is 44.8 Å². The third kappa shape index (κ3) is 1.47. The molecule has 0 bridgehead atoms. The average Bonchev–Trinajstić information content (AvgIpc) is 2.23. The Balaban J connectivity index is 2.87. The van der Waals surface area contributed by atoms with Crippen molar-refractivity contribution in [2.75, 3.05) is 0 Å². The van der Waals surface area contributed by atoms with Crippen LogP contribution in [0.1, 0.15) is 5.56 Å². The van der Waals surface area contributed by atoms with Gasteiger partial charge in [-0.05, 0) is 33.6 Å². The molecule has 0 radical (unpaired) electrons. The first kappa shape index (κ1) is 9.43. The summed E-state index contributed by atoms with van der Waals surface area (Å²) in [6.07, 6.45) is 1.60. The van der Waals surface area contributed by atoms with Crippen LogP contribution in [0.3, 0.4) is 0 Å². The minimum absolute atomic E-state index is 0.0187. The molecule has 0 fully saturated rings. The van der Waals surface area contributed by atoms with Gasteiger partial charge in [0.2, 0.25) is 0 Å². The zero-order valence-electron chi connectivity index (χ0n) is 7.25. The number of H-pyrrole nitrogens is 1. The van der Waals surface area contributed by atoms with E-state index in [9.17, 15) is 4.79 Å². The highest BCUT2D eigenvalue weighted by molar-refractivity contribution is 9.10. The molecule has 0 amide bonds. The maximum atomic E-state index is 11.4. The second-order valence-electron chi connectivity index (χ2n) is 3.00. The van der Waals surface area contributed by atoms with Crippen LogP contribution in [0, 0.1) is 0 Å². The fraction of sp³-hybridized carbons (Fsp3) is 0.100. The maximum absolute atomic E-state index is 11.4. The molecule has 1 aromatic carbocycles. The van der Waals surface area contributed by atoms with Gasteiger partial charge < -0.3 is 10.1 Å². The van der Waals surface area contributed by atoms with Crippen molar-refractivity contribution < 1.29 is 5.11 Å². The van der Waals surface area contributed by atoms with E-state index in [0.29, 0.717) is 5.39 Å². The molecule has 0 unspecified atom stereocenters. The van der Waals surface area contributed by atoms with Gasteiger partial charge in [0.1, 0.15) is 0 Å². The predicted molar refractivity (Wildman–Crippen MR) is 58.2 cm³/mol. The molecule has 0 saturated heterocycles. The molecule has 72 valence electrons. The number of rotatable bonds is 1. The molecule has 1 aromatic heterocycles. The second kappa shape index (κ2) is 3.55. The van der Waals surface area contributed by atoms with Crippen molar-refractivity contribution in [3.63, 3.8) is 0 Å². The Morgan fingerprint density at radius 3 is 2.86 bits per heavy atom. The Morgan fingerprint density at radius 1 is 1.36 bits per heavy atom. The highest BCUT2D eigenvalue weighted by atomic mass is 79.9. The molecule has 2 aromatic rings. The molecule has 3 nitrogen and oxygen atoms in total. The Morgan fingerprint density at radius 2 is 2.14 bits per heavy atom. The molecular formula is C10H8BrNO2. The third-order valence-corrected chi connectivity index (χ3v) is 2.75. The first-order valence-corrected chi connectivity index (χ1v) is 4.92. The van der Waals surface area contributed by atoms with Crippen LogP contribution in [0.15, 0.2) is 33.7 Å². The summed E-state index contributed by atoms with van der Waals surface area (Å²) < 4.78 is 0.822. The Bertz CT molecular complexity index is 533. The van der Waals surface area contributed by atoms with Gasteiger partial charge in [-0.1, -0.05) is 6.07 Å². The first-order chi connectivity index (χ1) is 6.72. The predicted octanol–water partition coefficient (Wildman–Crippen LogP) is 1.78. The Kier molecular flexibility index (Phi) is 2.39. The van der Waals surface area contributed by atoms with Crippen molar-refractivity contribution in [2.45, 2.75) is 6.61 Å². The maximum Gasteiger partial charge on any atom is 0.255 e. The fourth-order valence-corrected chi connectivity index (χ4v) is 1.81. The molecule has 0 spiro atoms. The molecular weight excluding hydrogens is 246 g/mol. The van der Waals surface area contributed by atoms with Crippen LogP contribution >= 0.6 is 15.9 Å². The van der Waals surface area contributed by atoms with E-state index in [4.69, 9.17) is 5.11 Å². The zero-order valence-corrected chi connectivity index (χ0v) is 8.84. The van der Waals surface area contributed by atoms with Crippen LogP contribution < -0.4 is 5.56 Å². The molecule has 0 aliphatic heterocycles. The van der Waals surface area contributed by atoms with Crippen molar-refractivity contribution in [2.24, 2.45) is 0 Å². The Labute approximate surface area is 88.5 Å². The fourth-order valence-electron chi connectivity index (χ4n) is 1.37. The summed E-state index contributed by atoms with van der Waals surface area (Å²) in [5, 5.41) is 10.4. The summed E-state index contributed by atoms with van der Waals surface area (Å²) >= 11 is 3.34. The number of aliphatic hydroxyl groups is 1. The molecule has 0 aliphatic rings. The van der Waals surface area contributed by atoms with Gasteiger partial charge in [-0.2, -0.15) is 0 Å². The van der Waals surface area contributed by atoms with Crippen molar-refractivity contribution in [1.82, 2.24) is 4.98 Å². The Hall–Kier alpha value is -1.13. The summed E-state index contributed by atoms with van der Waals surface area (Å²) in [5.74, 6) is 0. The minimum Gasteiger partial charge on any atom is -0.392 e. The van der Waals surface area contributed by atoms with Gasteiger partial charge in [0.05, 0.1) is 6.61 Å². The molecule has 0 aliphatic carbocycles. The summed E-state index contributed by atoms with van der Waals surface area (Å²) in [4.78, 5) is 14.0. The van der Waals surface area contributed by atoms with E-state index in [1.807, 2.05) is 0 Å². The van der Waals surface area contributed by atoms with Crippen molar-refractivity contribution in [3.8, 4) is 0 Å². The quantitative estimate of drug-likeness (QED) is 0.815. The number of hydrogen-bond donors (Lipinski definition) is 2. The topological polar surface area (TPSA) is 53.1 Å². The number of fused-ring (bicyclic) bond motifs is 1. The normalized spacial score (nSPS) is 10.7. The molecule has 0 saturated carbocycles. The van der Waals surface area contributed by atoms with Crippen molar-refractivity contribution >= 4 is 26.7 Å². The van der Waals surface area contributed by atoms with Crippen LogP contribution in [0.4, 0.5) is 0 Å². The molecule has 2 N–H and O–H groups in total. The molecule has 2 rings (SSSR count). The van der Waals surface area contributed by atoms with E-state index < -0.39 is 0 Å². The number of nitrogens with one attached hydrogen (secondary N) is 1. The lowest BCUT2D eigenvalue weighted by atomic mass is 10.1. The van der Waals surface area contributed by atoms with Crippen LogP contribution in [0.2, 0.25) is 0 Å². The van der Waals surface area contributed by atoms with Gasteiger partial charge >= 0.3 is 0 Å². The van der Waals surface area contributed by atoms with Gasteiger partial charge in [0.25, 0.3) is 5.56 Å². The lowest BCUT2D eigenvalue weighted by molar-refractivity contribution is 0.282. The lowest BCUT2D eigenvalue weighted by Gasteiger charge is -2.01. The number of benzene rings is 1. The van der Waals surface area contributed by atoms with E-state index in [0.717, 1.165) is 15.4 Å². The third-order valence-electron chi connectivity index (χ3n) is 2.10. The van der Waals surface area contributed by atoms with E-state index in [1.54, 1.807) is 24.4 Å². The summed E-state index contributed by atoms with van der Waals surface area (Å²) in [5.41, 5.74) is 0.677. The number of aromatic nitrogens is 1.